The fourth-order valence-corrected chi connectivity index (χ4v) is 3.30. The Morgan fingerprint density at radius 2 is 1.79 bits per heavy atom. The molecule has 0 aromatic heterocycles. The van der Waals surface area contributed by atoms with Crippen LogP contribution in [0.3, 0.4) is 0 Å². The summed E-state index contributed by atoms with van der Waals surface area (Å²) >= 11 is 0. The maximum Gasteiger partial charge on any atom is 0.260 e. The van der Waals surface area contributed by atoms with Gasteiger partial charge in [-0.3, -0.25) is 9.10 Å². The molecule has 2 aromatic carbocycles. The molecule has 29 heavy (non-hydrogen) atoms. The van der Waals surface area contributed by atoms with Crippen LogP contribution in [0, 0.1) is 6.92 Å². The van der Waals surface area contributed by atoms with Crippen molar-refractivity contribution in [2.24, 2.45) is 5.10 Å². The Hall–Kier alpha value is -2.87. The number of carbonyl (C=O) groups is 1. The fraction of sp³-hybridized carbons (Fsp3) is 0.333. The monoisotopic (exact) mass is 417 g/mol. The number of unbranched alkanes of at least 4 members (excludes halogenated alkanes) is 1. The molecule has 8 heteroatoms. The van der Waals surface area contributed by atoms with E-state index in [4.69, 9.17) is 4.74 Å². The van der Waals surface area contributed by atoms with Crippen molar-refractivity contribution in [2.75, 3.05) is 23.7 Å². The van der Waals surface area contributed by atoms with Gasteiger partial charge >= 0.3 is 0 Å². The number of amides is 1. The molecule has 0 radical (unpaired) electrons. The molecule has 1 N–H and O–H groups in total. The predicted molar refractivity (Wildman–Crippen MR) is 116 cm³/mol. The van der Waals surface area contributed by atoms with Gasteiger partial charge in [0.05, 0.1) is 24.8 Å². The third kappa shape index (κ3) is 7.57. The minimum atomic E-state index is -3.61. The Morgan fingerprint density at radius 3 is 2.38 bits per heavy atom. The van der Waals surface area contributed by atoms with Gasteiger partial charge in [-0.25, -0.2) is 13.8 Å². The predicted octanol–water partition coefficient (Wildman–Crippen LogP) is 3.09. The standard InChI is InChI=1S/C21H27N3O4S/c1-4-5-14-28-20-12-8-18(9-13-20)15-22-23-21(25)16-24(29(3,26)27)19-10-6-17(2)7-11-19/h6-13,15H,4-5,14,16H2,1-3H3,(H,23,25)/b22-15-. The number of hydrogen-bond acceptors (Lipinski definition) is 5. The minimum absolute atomic E-state index is 0.358. The summed E-state index contributed by atoms with van der Waals surface area (Å²) in [5.41, 5.74) is 4.57. The maximum absolute atomic E-state index is 12.2. The van der Waals surface area contributed by atoms with E-state index in [0.717, 1.165) is 40.3 Å². The first kappa shape index (κ1) is 22.4. The number of carbonyl (C=O) groups excluding carboxylic acids is 1. The lowest BCUT2D eigenvalue weighted by Crippen LogP contribution is -2.39. The normalized spacial score (nSPS) is 11.4. The Morgan fingerprint density at radius 1 is 1.14 bits per heavy atom. The number of sulfonamides is 1. The van der Waals surface area contributed by atoms with Gasteiger partial charge in [-0.05, 0) is 55.3 Å². The second kappa shape index (κ2) is 10.6. The number of rotatable bonds is 10. The number of nitrogens with one attached hydrogen (secondary N) is 1. The van der Waals surface area contributed by atoms with Crippen LogP contribution in [0.4, 0.5) is 5.69 Å². The second-order valence-electron chi connectivity index (χ2n) is 6.67. The average Bonchev–Trinajstić information content (AvgIpc) is 2.67. The van der Waals surface area contributed by atoms with Crippen LogP contribution in [0.15, 0.2) is 53.6 Å². The van der Waals surface area contributed by atoms with Crippen LogP contribution < -0.4 is 14.5 Å². The summed E-state index contributed by atoms with van der Waals surface area (Å²) in [4.78, 5) is 12.2. The van der Waals surface area contributed by atoms with Crippen LogP contribution in [0.2, 0.25) is 0 Å². The molecule has 0 saturated carbocycles. The van der Waals surface area contributed by atoms with Crippen molar-refractivity contribution in [3.63, 3.8) is 0 Å². The third-order valence-electron chi connectivity index (χ3n) is 4.06. The highest BCUT2D eigenvalue weighted by Gasteiger charge is 2.20. The van der Waals surface area contributed by atoms with Crippen LogP contribution in [0.25, 0.3) is 0 Å². The van der Waals surface area contributed by atoms with Gasteiger partial charge in [0.25, 0.3) is 5.91 Å². The van der Waals surface area contributed by atoms with E-state index in [1.54, 1.807) is 24.3 Å². The van der Waals surface area contributed by atoms with Crippen LogP contribution in [0.5, 0.6) is 5.75 Å². The van der Waals surface area contributed by atoms with Gasteiger partial charge in [0.1, 0.15) is 12.3 Å². The Balaban J connectivity index is 1.94. The zero-order valence-electron chi connectivity index (χ0n) is 17.0. The third-order valence-corrected chi connectivity index (χ3v) is 5.20. The first-order valence-electron chi connectivity index (χ1n) is 9.38. The van der Waals surface area contributed by atoms with E-state index in [0.29, 0.717) is 12.3 Å². The molecule has 0 fully saturated rings. The topological polar surface area (TPSA) is 88.1 Å². The minimum Gasteiger partial charge on any atom is -0.494 e. The Kier molecular flexibility index (Phi) is 8.21. The molecule has 0 atom stereocenters. The molecule has 0 aliphatic rings. The van der Waals surface area contributed by atoms with Gasteiger partial charge in [0, 0.05) is 0 Å². The lowest BCUT2D eigenvalue weighted by molar-refractivity contribution is -0.119. The molecular formula is C21H27N3O4S. The van der Waals surface area contributed by atoms with Crippen molar-refractivity contribution >= 4 is 27.8 Å². The summed E-state index contributed by atoms with van der Waals surface area (Å²) in [6, 6.07) is 14.2. The number of hydrazone groups is 1. The zero-order valence-corrected chi connectivity index (χ0v) is 17.8. The number of benzene rings is 2. The molecule has 0 bridgehead atoms. The quantitative estimate of drug-likeness (QED) is 0.366. The van der Waals surface area contributed by atoms with E-state index in [1.807, 2.05) is 31.2 Å². The van der Waals surface area contributed by atoms with Crippen LogP contribution in [-0.2, 0) is 14.8 Å². The summed E-state index contributed by atoms with van der Waals surface area (Å²) in [7, 11) is -3.61. The van der Waals surface area contributed by atoms with E-state index >= 15 is 0 Å². The van der Waals surface area contributed by atoms with E-state index in [-0.39, 0.29) is 6.54 Å². The molecule has 2 aromatic rings. The van der Waals surface area contributed by atoms with Crippen molar-refractivity contribution in [2.45, 2.75) is 26.7 Å². The summed E-state index contributed by atoms with van der Waals surface area (Å²) in [5.74, 6) is 0.244. The second-order valence-corrected chi connectivity index (χ2v) is 8.58. The van der Waals surface area contributed by atoms with Crippen molar-refractivity contribution in [3.05, 3.63) is 59.7 Å². The molecule has 0 aliphatic heterocycles. The lowest BCUT2D eigenvalue weighted by Gasteiger charge is -2.21. The maximum atomic E-state index is 12.2. The highest BCUT2D eigenvalue weighted by Crippen LogP contribution is 2.17. The molecule has 0 heterocycles. The van der Waals surface area contributed by atoms with Crippen molar-refractivity contribution in [1.82, 2.24) is 5.43 Å². The van der Waals surface area contributed by atoms with Crippen molar-refractivity contribution in [1.29, 1.82) is 0 Å². The molecule has 156 valence electrons. The highest BCUT2D eigenvalue weighted by molar-refractivity contribution is 7.92. The number of anilines is 1. The molecule has 7 nitrogen and oxygen atoms in total. The zero-order chi connectivity index (χ0) is 21.3. The Labute approximate surface area is 172 Å². The summed E-state index contributed by atoms with van der Waals surface area (Å²) in [6.07, 6.45) is 4.63. The fourth-order valence-electron chi connectivity index (χ4n) is 2.44. The van der Waals surface area contributed by atoms with Crippen LogP contribution >= 0.6 is 0 Å². The number of ether oxygens (including phenoxy) is 1. The van der Waals surface area contributed by atoms with Crippen LogP contribution in [-0.4, -0.2) is 39.9 Å². The Bertz CT molecular complexity index is 923. The van der Waals surface area contributed by atoms with Gasteiger partial charge in [-0.1, -0.05) is 31.0 Å². The van der Waals surface area contributed by atoms with E-state index in [9.17, 15) is 13.2 Å². The summed E-state index contributed by atoms with van der Waals surface area (Å²) in [6.45, 7) is 4.33. The number of hydrogen-bond donors (Lipinski definition) is 1. The molecule has 0 saturated heterocycles. The van der Waals surface area contributed by atoms with Crippen molar-refractivity contribution in [3.8, 4) is 5.75 Å². The average molecular weight is 418 g/mol. The molecule has 0 aliphatic carbocycles. The van der Waals surface area contributed by atoms with Gasteiger partial charge in [0.2, 0.25) is 10.0 Å². The highest BCUT2D eigenvalue weighted by atomic mass is 32.2. The van der Waals surface area contributed by atoms with Crippen LogP contribution in [0.1, 0.15) is 30.9 Å². The smallest absolute Gasteiger partial charge is 0.260 e. The summed E-state index contributed by atoms with van der Waals surface area (Å²) in [5, 5.41) is 3.90. The molecule has 1 amide bonds. The summed E-state index contributed by atoms with van der Waals surface area (Å²) < 4.78 is 30.8. The number of aryl methyl sites for hydroxylation is 1. The van der Waals surface area contributed by atoms with E-state index in [2.05, 4.69) is 17.5 Å². The van der Waals surface area contributed by atoms with Crippen molar-refractivity contribution < 1.29 is 17.9 Å². The molecular weight excluding hydrogens is 390 g/mol. The largest absolute Gasteiger partial charge is 0.494 e. The van der Waals surface area contributed by atoms with Gasteiger partial charge in [0.15, 0.2) is 0 Å². The SMILES string of the molecule is CCCCOc1ccc(/C=N\NC(=O)CN(c2ccc(C)cc2)S(C)(=O)=O)cc1. The first-order chi connectivity index (χ1) is 13.8. The first-order valence-corrected chi connectivity index (χ1v) is 11.2. The van der Waals surface area contributed by atoms with Gasteiger partial charge in [-0.15, -0.1) is 0 Å². The van der Waals surface area contributed by atoms with Gasteiger partial charge in [-0.2, -0.15) is 5.10 Å². The molecule has 0 unspecified atom stereocenters. The van der Waals surface area contributed by atoms with Gasteiger partial charge < -0.3 is 4.74 Å². The van der Waals surface area contributed by atoms with E-state index < -0.39 is 15.9 Å². The molecule has 0 spiro atoms. The van der Waals surface area contributed by atoms with E-state index in [1.165, 1.54) is 6.21 Å². The number of nitrogens with zero attached hydrogens (tertiary/aromatic N) is 2. The molecule has 2 rings (SSSR count). The lowest BCUT2D eigenvalue weighted by atomic mass is 10.2.